The van der Waals surface area contributed by atoms with Crippen LogP contribution in [-0.4, -0.2) is 44.5 Å². The third kappa shape index (κ3) is 4.07. The molecule has 3 aromatic rings. The third-order valence-electron chi connectivity index (χ3n) is 6.15. The summed E-state index contributed by atoms with van der Waals surface area (Å²) in [6.07, 6.45) is 2.26. The van der Waals surface area contributed by atoms with E-state index in [0.29, 0.717) is 11.1 Å². The number of likely N-dealkylation sites (tertiary alicyclic amines) is 1. The molecule has 1 aliphatic heterocycles. The Hall–Kier alpha value is -3.15. The summed E-state index contributed by atoms with van der Waals surface area (Å²) in [5.74, 6) is 0.202. The zero-order valence-corrected chi connectivity index (χ0v) is 18.5. The molecule has 1 aliphatic rings. The topological polar surface area (TPSA) is 64.4 Å². The van der Waals surface area contributed by atoms with Crippen LogP contribution < -0.4 is 0 Å². The largest absolute Gasteiger partial charge is 0.449 e. The van der Waals surface area contributed by atoms with Gasteiger partial charge in [-0.1, -0.05) is 18.2 Å². The summed E-state index contributed by atoms with van der Waals surface area (Å²) in [7, 11) is 0. The summed E-state index contributed by atoms with van der Waals surface area (Å²) < 4.78 is 7.61. The Bertz CT molecular complexity index is 1100. The summed E-state index contributed by atoms with van der Waals surface area (Å²) in [6, 6.07) is 15.6. The van der Waals surface area contributed by atoms with E-state index in [1.165, 1.54) is 0 Å². The zero-order chi connectivity index (χ0) is 22.1. The smallest absolute Gasteiger partial charge is 0.338 e. The fourth-order valence-electron chi connectivity index (χ4n) is 4.58. The third-order valence-corrected chi connectivity index (χ3v) is 6.15. The van der Waals surface area contributed by atoms with Gasteiger partial charge in [-0.3, -0.25) is 9.36 Å². The SMILES string of the molecule is Cc1nc2cc(C(=O)O[C@@H](C)C(=O)N3[C@@H](C)CCC[C@@H]3C)ccc2n1-c1ccccc1. The zero-order valence-electron chi connectivity index (χ0n) is 18.5. The van der Waals surface area contributed by atoms with Gasteiger partial charge in [-0.2, -0.15) is 0 Å². The number of hydrogen-bond acceptors (Lipinski definition) is 4. The standard InChI is InChI=1S/C25H29N3O3/c1-16-9-8-10-17(2)27(16)24(29)18(3)31-25(30)20-13-14-23-22(15-20)26-19(4)28(23)21-11-6-5-7-12-21/h5-7,11-18H,8-10H2,1-4H3/t16-,17-,18-/m0/s1. The van der Waals surface area contributed by atoms with E-state index in [-0.39, 0.29) is 18.0 Å². The van der Waals surface area contributed by atoms with Crippen LogP contribution in [0.4, 0.5) is 0 Å². The number of imidazole rings is 1. The Kier molecular flexibility index (Phi) is 5.81. The van der Waals surface area contributed by atoms with Gasteiger partial charge in [-0.15, -0.1) is 0 Å². The molecule has 3 atom stereocenters. The van der Waals surface area contributed by atoms with Gasteiger partial charge in [0, 0.05) is 17.8 Å². The minimum absolute atomic E-state index is 0.127. The molecule has 0 unspecified atom stereocenters. The number of carbonyl (C=O) groups is 2. The van der Waals surface area contributed by atoms with Crippen LogP contribution >= 0.6 is 0 Å². The van der Waals surface area contributed by atoms with Crippen molar-refractivity contribution in [2.45, 2.75) is 65.1 Å². The van der Waals surface area contributed by atoms with Crippen LogP contribution in [0.3, 0.4) is 0 Å². The van der Waals surface area contributed by atoms with E-state index in [1.54, 1.807) is 19.1 Å². The Labute approximate surface area is 182 Å². The molecule has 0 radical (unpaired) electrons. The van der Waals surface area contributed by atoms with Gasteiger partial charge in [0.1, 0.15) is 5.82 Å². The van der Waals surface area contributed by atoms with Gasteiger partial charge < -0.3 is 9.64 Å². The molecule has 162 valence electrons. The van der Waals surface area contributed by atoms with Crippen LogP contribution in [0.15, 0.2) is 48.5 Å². The molecule has 6 heteroatoms. The van der Waals surface area contributed by atoms with Gasteiger partial charge in [-0.25, -0.2) is 9.78 Å². The lowest BCUT2D eigenvalue weighted by Gasteiger charge is -2.40. The summed E-state index contributed by atoms with van der Waals surface area (Å²) in [5, 5.41) is 0. The molecule has 0 saturated carbocycles. The molecule has 0 aliphatic carbocycles. The maximum atomic E-state index is 12.9. The van der Waals surface area contributed by atoms with Crippen molar-refractivity contribution in [1.82, 2.24) is 14.5 Å². The molecule has 1 amide bonds. The van der Waals surface area contributed by atoms with Crippen LogP contribution in [0.25, 0.3) is 16.7 Å². The molecule has 2 heterocycles. The Morgan fingerprint density at radius 3 is 2.42 bits per heavy atom. The number of nitrogens with zero attached hydrogens (tertiary/aromatic N) is 3. The number of hydrogen-bond donors (Lipinski definition) is 0. The number of esters is 1. The van der Waals surface area contributed by atoms with Gasteiger partial charge >= 0.3 is 5.97 Å². The van der Waals surface area contributed by atoms with E-state index < -0.39 is 12.1 Å². The van der Waals surface area contributed by atoms with Gasteiger partial charge in [0.15, 0.2) is 6.10 Å². The van der Waals surface area contributed by atoms with E-state index in [2.05, 4.69) is 23.4 Å². The molecular formula is C25H29N3O3. The van der Waals surface area contributed by atoms with E-state index in [1.807, 2.05) is 48.2 Å². The predicted octanol–water partition coefficient (Wildman–Crippen LogP) is 4.67. The second-order valence-corrected chi connectivity index (χ2v) is 8.46. The van der Waals surface area contributed by atoms with Crippen molar-refractivity contribution in [2.75, 3.05) is 0 Å². The molecule has 1 aromatic heterocycles. The molecule has 1 saturated heterocycles. The molecular weight excluding hydrogens is 390 g/mol. The first-order valence-electron chi connectivity index (χ1n) is 10.9. The van der Waals surface area contributed by atoms with Crippen molar-refractivity contribution in [3.05, 3.63) is 59.9 Å². The Balaban J connectivity index is 1.54. The summed E-state index contributed by atoms with van der Waals surface area (Å²) in [5.41, 5.74) is 3.04. The van der Waals surface area contributed by atoms with E-state index in [9.17, 15) is 9.59 Å². The number of fused-ring (bicyclic) bond motifs is 1. The molecule has 31 heavy (non-hydrogen) atoms. The van der Waals surface area contributed by atoms with E-state index in [4.69, 9.17) is 4.74 Å². The van der Waals surface area contributed by atoms with E-state index in [0.717, 1.165) is 36.3 Å². The number of carbonyl (C=O) groups excluding carboxylic acids is 2. The minimum atomic E-state index is -0.824. The molecule has 4 rings (SSSR count). The quantitative estimate of drug-likeness (QED) is 0.577. The maximum absolute atomic E-state index is 12.9. The number of ether oxygens (including phenoxy) is 1. The second-order valence-electron chi connectivity index (χ2n) is 8.46. The first kappa shape index (κ1) is 21.1. The number of para-hydroxylation sites is 1. The predicted molar refractivity (Wildman–Crippen MR) is 120 cm³/mol. The van der Waals surface area contributed by atoms with Crippen LogP contribution in [0, 0.1) is 6.92 Å². The van der Waals surface area contributed by atoms with Crippen molar-refractivity contribution in [2.24, 2.45) is 0 Å². The van der Waals surface area contributed by atoms with Gasteiger partial charge in [-0.05, 0) is 77.3 Å². The number of piperidine rings is 1. The number of benzene rings is 2. The van der Waals surface area contributed by atoms with Crippen LogP contribution in [0.5, 0.6) is 0 Å². The molecule has 0 spiro atoms. The van der Waals surface area contributed by atoms with Crippen molar-refractivity contribution >= 4 is 22.9 Å². The van der Waals surface area contributed by atoms with Crippen molar-refractivity contribution in [3.8, 4) is 5.69 Å². The number of rotatable bonds is 4. The van der Waals surface area contributed by atoms with Crippen molar-refractivity contribution in [1.29, 1.82) is 0 Å². The lowest BCUT2D eigenvalue weighted by atomic mass is 9.97. The average molecular weight is 420 g/mol. The van der Waals surface area contributed by atoms with E-state index >= 15 is 0 Å². The number of amides is 1. The fourth-order valence-corrected chi connectivity index (χ4v) is 4.58. The number of aryl methyl sites for hydroxylation is 1. The molecule has 2 aromatic carbocycles. The highest BCUT2D eigenvalue weighted by atomic mass is 16.5. The molecule has 1 fully saturated rings. The van der Waals surface area contributed by atoms with Gasteiger partial charge in [0.05, 0.1) is 16.6 Å². The van der Waals surface area contributed by atoms with Crippen molar-refractivity contribution < 1.29 is 14.3 Å². The first-order chi connectivity index (χ1) is 14.9. The maximum Gasteiger partial charge on any atom is 0.338 e. The van der Waals surface area contributed by atoms with Crippen LogP contribution in [0.2, 0.25) is 0 Å². The normalized spacial score (nSPS) is 19.9. The average Bonchev–Trinajstić information content (AvgIpc) is 3.08. The highest BCUT2D eigenvalue weighted by molar-refractivity contribution is 5.95. The van der Waals surface area contributed by atoms with Crippen molar-refractivity contribution in [3.63, 3.8) is 0 Å². The first-order valence-corrected chi connectivity index (χ1v) is 10.9. The Morgan fingerprint density at radius 1 is 1.06 bits per heavy atom. The minimum Gasteiger partial charge on any atom is -0.449 e. The highest BCUT2D eigenvalue weighted by Crippen LogP contribution is 2.25. The summed E-state index contributed by atoms with van der Waals surface area (Å²) in [6.45, 7) is 7.70. The van der Waals surface area contributed by atoms with Gasteiger partial charge in [0.25, 0.3) is 5.91 Å². The lowest BCUT2D eigenvalue weighted by Crippen LogP contribution is -2.51. The molecule has 0 bridgehead atoms. The highest BCUT2D eigenvalue weighted by Gasteiger charge is 2.33. The molecule has 0 N–H and O–H groups in total. The molecule has 6 nitrogen and oxygen atoms in total. The van der Waals surface area contributed by atoms with Crippen LogP contribution in [-0.2, 0) is 9.53 Å². The van der Waals surface area contributed by atoms with Gasteiger partial charge in [0.2, 0.25) is 0 Å². The summed E-state index contributed by atoms with van der Waals surface area (Å²) in [4.78, 5) is 32.2. The lowest BCUT2D eigenvalue weighted by molar-refractivity contribution is -0.146. The second kappa shape index (κ2) is 8.53. The number of aromatic nitrogens is 2. The van der Waals surface area contributed by atoms with Crippen LogP contribution in [0.1, 0.15) is 56.2 Å². The summed E-state index contributed by atoms with van der Waals surface area (Å²) >= 11 is 0. The fraction of sp³-hybridized carbons (Fsp3) is 0.400. The Morgan fingerprint density at radius 2 is 1.74 bits per heavy atom. The monoisotopic (exact) mass is 419 g/mol.